The monoisotopic (exact) mass is 152 g/mol. The Kier molecular flexibility index (Phi) is 2.44. The summed E-state index contributed by atoms with van der Waals surface area (Å²) in [6.07, 6.45) is 0.718. The summed E-state index contributed by atoms with van der Waals surface area (Å²) < 4.78 is 0. The fourth-order valence-corrected chi connectivity index (χ4v) is 0.959. The van der Waals surface area contributed by atoms with Crippen LogP contribution in [0.5, 0.6) is 0 Å². The molecule has 3 heteroatoms. The SMILES string of the molecule is CC(N)Cc1cccc(=O)[nH]1. The van der Waals surface area contributed by atoms with Crippen LogP contribution in [0.4, 0.5) is 0 Å². The van der Waals surface area contributed by atoms with Gasteiger partial charge in [0.05, 0.1) is 0 Å². The number of pyridine rings is 1. The lowest BCUT2D eigenvalue weighted by atomic mass is 10.2. The van der Waals surface area contributed by atoms with E-state index in [4.69, 9.17) is 5.73 Å². The number of H-pyrrole nitrogens is 1. The van der Waals surface area contributed by atoms with Gasteiger partial charge < -0.3 is 10.7 Å². The average Bonchev–Trinajstić information content (AvgIpc) is 1.85. The molecule has 1 unspecified atom stereocenters. The molecule has 0 radical (unpaired) electrons. The van der Waals surface area contributed by atoms with Gasteiger partial charge in [-0.15, -0.1) is 0 Å². The van der Waals surface area contributed by atoms with E-state index in [1.54, 1.807) is 6.07 Å². The van der Waals surface area contributed by atoms with Gasteiger partial charge in [0.2, 0.25) is 5.56 Å². The normalized spacial score (nSPS) is 12.9. The second-order valence-corrected chi connectivity index (χ2v) is 2.72. The number of nitrogens with one attached hydrogen (secondary N) is 1. The summed E-state index contributed by atoms with van der Waals surface area (Å²) in [7, 11) is 0. The van der Waals surface area contributed by atoms with Gasteiger partial charge in [-0.25, -0.2) is 0 Å². The summed E-state index contributed by atoms with van der Waals surface area (Å²) >= 11 is 0. The number of aromatic amines is 1. The fourth-order valence-electron chi connectivity index (χ4n) is 0.959. The zero-order valence-corrected chi connectivity index (χ0v) is 6.50. The molecule has 3 nitrogen and oxygen atoms in total. The lowest BCUT2D eigenvalue weighted by Gasteiger charge is -2.02. The summed E-state index contributed by atoms with van der Waals surface area (Å²) in [5.74, 6) is 0. The van der Waals surface area contributed by atoms with Crippen LogP contribution in [0.3, 0.4) is 0 Å². The molecule has 1 rings (SSSR count). The van der Waals surface area contributed by atoms with Crippen LogP contribution in [0, 0.1) is 0 Å². The van der Waals surface area contributed by atoms with Crippen molar-refractivity contribution in [2.24, 2.45) is 5.73 Å². The lowest BCUT2D eigenvalue weighted by Crippen LogP contribution is -2.20. The van der Waals surface area contributed by atoms with Gasteiger partial charge in [-0.05, 0) is 13.0 Å². The Labute approximate surface area is 65.2 Å². The van der Waals surface area contributed by atoms with Gasteiger partial charge in [0, 0.05) is 24.2 Å². The van der Waals surface area contributed by atoms with Crippen molar-refractivity contribution in [1.82, 2.24) is 4.98 Å². The molecule has 0 fully saturated rings. The van der Waals surface area contributed by atoms with Gasteiger partial charge in [0.1, 0.15) is 0 Å². The molecule has 0 amide bonds. The van der Waals surface area contributed by atoms with Crippen LogP contribution < -0.4 is 11.3 Å². The van der Waals surface area contributed by atoms with E-state index in [9.17, 15) is 4.79 Å². The molecular formula is C8H12N2O. The highest BCUT2D eigenvalue weighted by Gasteiger charge is 1.96. The van der Waals surface area contributed by atoms with E-state index < -0.39 is 0 Å². The minimum absolute atomic E-state index is 0.0665. The van der Waals surface area contributed by atoms with Crippen molar-refractivity contribution < 1.29 is 0 Å². The number of rotatable bonds is 2. The van der Waals surface area contributed by atoms with Gasteiger partial charge in [0.25, 0.3) is 0 Å². The molecule has 3 N–H and O–H groups in total. The van der Waals surface area contributed by atoms with Crippen molar-refractivity contribution in [2.45, 2.75) is 19.4 Å². The van der Waals surface area contributed by atoms with E-state index in [0.29, 0.717) is 0 Å². The van der Waals surface area contributed by atoms with E-state index >= 15 is 0 Å². The molecule has 0 bridgehead atoms. The van der Waals surface area contributed by atoms with Crippen LogP contribution in [-0.2, 0) is 6.42 Å². The molecule has 0 saturated heterocycles. The Bertz CT molecular complexity index is 277. The molecule has 11 heavy (non-hydrogen) atoms. The van der Waals surface area contributed by atoms with Gasteiger partial charge in [0.15, 0.2) is 0 Å². The van der Waals surface area contributed by atoms with Crippen molar-refractivity contribution in [3.8, 4) is 0 Å². The smallest absolute Gasteiger partial charge is 0.248 e. The Morgan fingerprint density at radius 1 is 1.64 bits per heavy atom. The highest BCUT2D eigenvalue weighted by molar-refractivity contribution is 5.04. The first-order chi connectivity index (χ1) is 5.18. The van der Waals surface area contributed by atoms with E-state index in [0.717, 1.165) is 12.1 Å². The minimum Gasteiger partial charge on any atom is -0.328 e. The number of hydrogen-bond acceptors (Lipinski definition) is 2. The molecule has 1 atom stereocenters. The van der Waals surface area contributed by atoms with Crippen LogP contribution in [0.2, 0.25) is 0 Å². The van der Waals surface area contributed by atoms with Crippen molar-refractivity contribution in [2.75, 3.05) is 0 Å². The Hall–Kier alpha value is -1.09. The van der Waals surface area contributed by atoms with Crippen LogP contribution >= 0.6 is 0 Å². The lowest BCUT2D eigenvalue weighted by molar-refractivity contribution is 0.720. The third kappa shape index (κ3) is 2.55. The molecule has 0 saturated carbocycles. The van der Waals surface area contributed by atoms with Gasteiger partial charge >= 0.3 is 0 Å². The molecule has 60 valence electrons. The van der Waals surface area contributed by atoms with Crippen molar-refractivity contribution in [3.05, 3.63) is 34.2 Å². The van der Waals surface area contributed by atoms with E-state index in [2.05, 4.69) is 4.98 Å². The molecule has 0 aliphatic carbocycles. The molecule has 0 aliphatic heterocycles. The second-order valence-electron chi connectivity index (χ2n) is 2.72. The summed E-state index contributed by atoms with van der Waals surface area (Å²) in [5, 5.41) is 0. The number of aromatic nitrogens is 1. The molecule has 1 aromatic heterocycles. The van der Waals surface area contributed by atoms with Crippen LogP contribution in [0.25, 0.3) is 0 Å². The molecule has 0 spiro atoms. The summed E-state index contributed by atoms with van der Waals surface area (Å²) in [6.45, 7) is 1.91. The van der Waals surface area contributed by atoms with Gasteiger partial charge in [-0.1, -0.05) is 6.07 Å². The van der Waals surface area contributed by atoms with Gasteiger partial charge in [-0.3, -0.25) is 4.79 Å². The molecule has 0 aromatic carbocycles. The first kappa shape index (κ1) is 8.01. The maximum Gasteiger partial charge on any atom is 0.248 e. The predicted octanol–water partition coefficient (Wildman–Crippen LogP) is 0.265. The van der Waals surface area contributed by atoms with Crippen LogP contribution in [0.15, 0.2) is 23.0 Å². The third-order valence-electron chi connectivity index (χ3n) is 1.37. The highest BCUT2D eigenvalue weighted by Crippen LogP contribution is 1.93. The predicted molar refractivity (Wildman–Crippen MR) is 44.4 cm³/mol. The molecular weight excluding hydrogens is 140 g/mol. The molecule has 0 aliphatic rings. The first-order valence-electron chi connectivity index (χ1n) is 3.62. The molecule has 1 heterocycles. The topological polar surface area (TPSA) is 58.9 Å². The maximum atomic E-state index is 10.8. The van der Waals surface area contributed by atoms with Crippen molar-refractivity contribution in [3.63, 3.8) is 0 Å². The number of nitrogens with two attached hydrogens (primary N) is 1. The zero-order valence-electron chi connectivity index (χ0n) is 6.50. The van der Waals surface area contributed by atoms with E-state index in [1.165, 1.54) is 6.07 Å². The standard InChI is InChI=1S/C8H12N2O/c1-6(9)5-7-3-2-4-8(11)10-7/h2-4,6H,5,9H2,1H3,(H,10,11). The average molecular weight is 152 g/mol. The summed E-state index contributed by atoms with van der Waals surface area (Å²) in [4.78, 5) is 13.5. The quantitative estimate of drug-likeness (QED) is 0.638. The van der Waals surface area contributed by atoms with Crippen molar-refractivity contribution >= 4 is 0 Å². The minimum atomic E-state index is -0.0665. The Morgan fingerprint density at radius 2 is 2.36 bits per heavy atom. The van der Waals surface area contributed by atoms with Gasteiger partial charge in [-0.2, -0.15) is 0 Å². The highest BCUT2D eigenvalue weighted by atomic mass is 16.1. The summed E-state index contributed by atoms with van der Waals surface area (Å²) in [6, 6.07) is 5.18. The van der Waals surface area contributed by atoms with Crippen LogP contribution in [-0.4, -0.2) is 11.0 Å². The second kappa shape index (κ2) is 3.34. The largest absolute Gasteiger partial charge is 0.328 e. The zero-order chi connectivity index (χ0) is 8.27. The maximum absolute atomic E-state index is 10.8. The molecule has 1 aromatic rings. The van der Waals surface area contributed by atoms with Crippen molar-refractivity contribution in [1.29, 1.82) is 0 Å². The third-order valence-corrected chi connectivity index (χ3v) is 1.37. The first-order valence-corrected chi connectivity index (χ1v) is 3.62. The van der Waals surface area contributed by atoms with Crippen LogP contribution in [0.1, 0.15) is 12.6 Å². The Morgan fingerprint density at radius 3 is 2.91 bits per heavy atom. The summed E-state index contributed by atoms with van der Waals surface area (Å²) in [5.41, 5.74) is 6.38. The van der Waals surface area contributed by atoms with E-state index in [1.807, 2.05) is 13.0 Å². The fraction of sp³-hybridized carbons (Fsp3) is 0.375. The number of hydrogen-bond donors (Lipinski definition) is 2. The Balaban J connectivity index is 2.80. The van der Waals surface area contributed by atoms with E-state index in [-0.39, 0.29) is 11.6 Å².